The predicted octanol–water partition coefficient (Wildman–Crippen LogP) is 4.00. The van der Waals surface area contributed by atoms with Gasteiger partial charge >= 0.3 is 0 Å². The lowest BCUT2D eigenvalue weighted by Crippen LogP contribution is -2.32. The van der Waals surface area contributed by atoms with Crippen molar-refractivity contribution in [2.75, 3.05) is 27.4 Å². The van der Waals surface area contributed by atoms with Crippen LogP contribution in [0.2, 0.25) is 5.02 Å². The minimum Gasteiger partial charge on any atom is -0.493 e. The molecule has 0 unspecified atom stereocenters. The molecule has 3 aromatic rings. The molecule has 0 radical (unpaired) electrons. The summed E-state index contributed by atoms with van der Waals surface area (Å²) in [5.74, 6) is 1.51. The highest BCUT2D eigenvalue weighted by Crippen LogP contribution is 2.39. The topological polar surface area (TPSA) is 78.0 Å². The highest BCUT2D eigenvalue weighted by molar-refractivity contribution is 7.89. The van der Waals surface area contributed by atoms with E-state index >= 15 is 0 Å². The molecule has 0 fully saturated rings. The molecule has 7 nitrogen and oxygen atoms in total. The van der Waals surface area contributed by atoms with E-state index in [2.05, 4.69) is 4.98 Å². The molecule has 1 aromatic heterocycles. The molecule has 162 valence electrons. The van der Waals surface area contributed by atoms with Crippen molar-refractivity contribution < 1.29 is 22.6 Å². The minimum atomic E-state index is -3.82. The fourth-order valence-corrected chi connectivity index (χ4v) is 5.34. The second kappa shape index (κ2) is 8.74. The molecular formula is C22H21ClN2O5S. The van der Waals surface area contributed by atoms with Gasteiger partial charge in [0.1, 0.15) is 11.5 Å². The fourth-order valence-electron chi connectivity index (χ4n) is 3.45. The number of halogens is 1. The van der Waals surface area contributed by atoms with Crippen LogP contribution in [-0.4, -0.2) is 45.1 Å². The van der Waals surface area contributed by atoms with E-state index < -0.39 is 10.0 Å². The number of nitrogens with zero attached hydrogens (tertiary/aromatic N) is 2. The maximum atomic E-state index is 13.3. The van der Waals surface area contributed by atoms with E-state index in [0.29, 0.717) is 28.6 Å². The zero-order valence-electron chi connectivity index (χ0n) is 17.0. The Labute approximate surface area is 186 Å². The van der Waals surface area contributed by atoms with Gasteiger partial charge in [-0.1, -0.05) is 29.8 Å². The smallest absolute Gasteiger partial charge is 0.244 e. The van der Waals surface area contributed by atoms with Gasteiger partial charge in [0.25, 0.3) is 0 Å². The number of methoxy groups -OCH3 is 2. The van der Waals surface area contributed by atoms with Crippen LogP contribution in [0.3, 0.4) is 0 Å². The molecule has 0 bridgehead atoms. The Morgan fingerprint density at radius 2 is 1.87 bits per heavy atom. The van der Waals surface area contributed by atoms with Crippen molar-refractivity contribution >= 4 is 21.6 Å². The van der Waals surface area contributed by atoms with Crippen LogP contribution in [0.4, 0.5) is 0 Å². The summed E-state index contributed by atoms with van der Waals surface area (Å²) in [5.41, 5.74) is 2.10. The van der Waals surface area contributed by atoms with Crippen molar-refractivity contribution in [3.05, 3.63) is 65.2 Å². The number of fused-ring (bicyclic) bond motifs is 1. The lowest BCUT2D eigenvalue weighted by Gasteiger charge is -2.20. The Morgan fingerprint density at radius 3 is 2.61 bits per heavy atom. The van der Waals surface area contributed by atoms with Gasteiger partial charge in [-0.25, -0.2) is 13.4 Å². The summed E-state index contributed by atoms with van der Waals surface area (Å²) in [6.07, 6.45) is 0. The summed E-state index contributed by atoms with van der Waals surface area (Å²) in [6.45, 7) is 0.471. The van der Waals surface area contributed by atoms with Gasteiger partial charge in [-0.3, -0.25) is 0 Å². The van der Waals surface area contributed by atoms with Gasteiger partial charge in [-0.15, -0.1) is 0 Å². The number of benzene rings is 2. The predicted molar refractivity (Wildman–Crippen MR) is 117 cm³/mol. The first kappa shape index (κ1) is 21.4. The molecule has 31 heavy (non-hydrogen) atoms. The van der Waals surface area contributed by atoms with Gasteiger partial charge in [-0.05, 0) is 30.3 Å². The number of sulfonamides is 1. The van der Waals surface area contributed by atoms with E-state index in [1.165, 1.54) is 10.4 Å². The van der Waals surface area contributed by atoms with Gasteiger partial charge in [0.05, 0.1) is 24.9 Å². The molecule has 9 heteroatoms. The monoisotopic (exact) mass is 460 g/mol. The van der Waals surface area contributed by atoms with Crippen molar-refractivity contribution in [2.24, 2.45) is 0 Å². The fraction of sp³-hybridized carbons (Fsp3) is 0.227. The van der Waals surface area contributed by atoms with Crippen LogP contribution >= 0.6 is 11.6 Å². The summed E-state index contributed by atoms with van der Waals surface area (Å²) >= 11 is 6.17. The van der Waals surface area contributed by atoms with E-state index in [0.717, 1.165) is 5.56 Å². The number of hydrogen-bond donors (Lipinski definition) is 0. The standard InChI is InChI=1S/C22H21ClN2O5S/c1-28-19-13-15(18-7-5-9-21(24-18)29-2)12-16-14-25(10-11-30-22(16)19)31(26,27)20-8-4-3-6-17(20)23/h3-9,12-13H,10-11,14H2,1-2H3. The molecule has 0 saturated carbocycles. The van der Waals surface area contributed by atoms with Crippen LogP contribution in [0, 0.1) is 0 Å². The summed E-state index contributed by atoms with van der Waals surface area (Å²) in [5, 5.41) is 0.180. The third-order valence-corrected chi connectivity index (χ3v) is 7.31. The molecule has 2 aromatic carbocycles. The first-order chi connectivity index (χ1) is 14.9. The third-order valence-electron chi connectivity index (χ3n) is 4.97. The molecule has 4 rings (SSSR count). The highest BCUT2D eigenvalue weighted by atomic mass is 35.5. The summed E-state index contributed by atoms with van der Waals surface area (Å²) < 4.78 is 44.6. The van der Waals surface area contributed by atoms with E-state index in [1.807, 2.05) is 24.3 Å². The Kier molecular flexibility index (Phi) is 6.04. The number of ether oxygens (including phenoxy) is 3. The van der Waals surface area contributed by atoms with Gasteiger partial charge in [0.15, 0.2) is 11.5 Å². The molecule has 0 atom stereocenters. The molecule has 1 aliphatic heterocycles. The van der Waals surface area contributed by atoms with Crippen molar-refractivity contribution in [3.8, 4) is 28.6 Å². The Balaban J connectivity index is 1.78. The third kappa shape index (κ3) is 4.19. The molecule has 0 saturated heterocycles. The second-order valence-corrected chi connectivity index (χ2v) is 9.16. The Bertz CT molecular complexity index is 1220. The number of aromatic nitrogens is 1. The first-order valence-electron chi connectivity index (χ1n) is 9.54. The molecule has 0 N–H and O–H groups in total. The molecule has 1 aliphatic rings. The zero-order valence-corrected chi connectivity index (χ0v) is 18.6. The lowest BCUT2D eigenvalue weighted by molar-refractivity contribution is 0.279. The van der Waals surface area contributed by atoms with Gasteiger partial charge in [-0.2, -0.15) is 4.31 Å². The summed E-state index contributed by atoms with van der Waals surface area (Å²) in [6, 6.07) is 15.5. The van der Waals surface area contributed by atoms with Gasteiger partial charge in [0.2, 0.25) is 15.9 Å². The highest BCUT2D eigenvalue weighted by Gasteiger charge is 2.30. The van der Waals surface area contributed by atoms with E-state index in [1.54, 1.807) is 38.5 Å². The van der Waals surface area contributed by atoms with Gasteiger partial charge in [0, 0.05) is 30.3 Å². The molecule has 0 aliphatic carbocycles. The van der Waals surface area contributed by atoms with E-state index in [-0.39, 0.29) is 29.6 Å². The average Bonchev–Trinajstić information content (AvgIpc) is 3.01. The van der Waals surface area contributed by atoms with Crippen LogP contribution in [0.25, 0.3) is 11.3 Å². The zero-order chi connectivity index (χ0) is 22.0. The Morgan fingerprint density at radius 1 is 1.06 bits per heavy atom. The maximum Gasteiger partial charge on any atom is 0.244 e. The van der Waals surface area contributed by atoms with Crippen LogP contribution in [0.5, 0.6) is 17.4 Å². The van der Waals surface area contributed by atoms with Crippen molar-refractivity contribution in [1.29, 1.82) is 0 Å². The quantitative estimate of drug-likeness (QED) is 0.572. The largest absolute Gasteiger partial charge is 0.493 e. The van der Waals surface area contributed by atoms with Crippen molar-refractivity contribution in [1.82, 2.24) is 9.29 Å². The van der Waals surface area contributed by atoms with Crippen molar-refractivity contribution in [3.63, 3.8) is 0 Å². The van der Waals surface area contributed by atoms with Crippen LogP contribution in [0.15, 0.2) is 59.5 Å². The summed E-state index contributed by atoms with van der Waals surface area (Å²) in [7, 11) is -0.724. The average molecular weight is 461 g/mol. The molecule has 2 heterocycles. The van der Waals surface area contributed by atoms with Crippen LogP contribution in [-0.2, 0) is 16.6 Å². The van der Waals surface area contributed by atoms with E-state index in [4.69, 9.17) is 25.8 Å². The normalized spacial score (nSPS) is 14.3. The van der Waals surface area contributed by atoms with Crippen molar-refractivity contribution in [2.45, 2.75) is 11.4 Å². The second-order valence-electron chi connectivity index (χ2n) is 6.85. The Hall–Kier alpha value is -2.81. The number of hydrogen-bond acceptors (Lipinski definition) is 6. The number of rotatable bonds is 5. The van der Waals surface area contributed by atoms with Crippen LogP contribution in [0.1, 0.15) is 5.56 Å². The molecule has 0 spiro atoms. The maximum absolute atomic E-state index is 13.3. The molecular weight excluding hydrogens is 440 g/mol. The SMILES string of the molecule is COc1cccc(-c2cc3c(c(OC)c2)OCCN(S(=O)(=O)c2ccccc2Cl)C3)n1. The van der Waals surface area contributed by atoms with Gasteiger partial charge < -0.3 is 14.2 Å². The number of pyridine rings is 1. The van der Waals surface area contributed by atoms with Crippen LogP contribution < -0.4 is 14.2 Å². The minimum absolute atomic E-state index is 0.0673. The first-order valence-corrected chi connectivity index (χ1v) is 11.4. The lowest BCUT2D eigenvalue weighted by atomic mass is 10.1. The summed E-state index contributed by atoms with van der Waals surface area (Å²) in [4.78, 5) is 4.54. The van der Waals surface area contributed by atoms with E-state index in [9.17, 15) is 8.42 Å². The molecule has 0 amide bonds.